The number of rotatable bonds is 7. The van der Waals surface area contributed by atoms with Crippen LogP contribution in [0.15, 0.2) is 27.8 Å². The predicted octanol–water partition coefficient (Wildman–Crippen LogP) is 4.10. The van der Waals surface area contributed by atoms with Gasteiger partial charge >= 0.3 is 0 Å². The third-order valence-corrected chi connectivity index (χ3v) is 7.62. The topological polar surface area (TPSA) is 79.8 Å². The van der Waals surface area contributed by atoms with Gasteiger partial charge in [0.25, 0.3) is 5.91 Å². The molecule has 0 spiro atoms. The average molecular weight is 476 g/mol. The number of halogens is 1. The number of hydrogen-bond donors (Lipinski definition) is 2. The minimum atomic E-state index is -0.351. The van der Waals surface area contributed by atoms with E-state index in [0.29, 0.717) is 11.5 Å². The highest BCUT2D eigenvalue weighted by atomic mass is 79.9. The fourth-order valence-corrected chi connectivity index (χ4v) is 6.17. The minimum Gasteiger partial charge on any atom is -0.484 e. The zero-order valence-corrected chi connectivity index (χ0v) is 19.3. The Balaban J connectivity index is 1.22. The molecule has 162 valence electrons. The number of carbonyl (C=O) groups excluding carboxylic acids is 2. The maximum Gasteiger partial charge on any atom is 0.277 e. The Morgan fingerprint density at radius 3 is 2.37 bits per heavy atom. The molecule has 2 N–H and O–H groups in total. The number of aryl methyl sites for hydroxylation is 1. The van der Waals surface area contributed by atoms with Crippen LogP contribution in [0, 0.1) is 24.7 Å². The predicted molar refractivity (Wildman–Crippen MR) is 119 cm³/mol. The zero-order valence-electron chi connectivity index (χ0n) is 17.7. The van der Waals surface area contributed by atoms with Gasteiger partial charge in [-0.1, -0.05) is 15.9 Å². The summed E-state index contributed by atoms with van der Waals surface area (Å²) >= 11 is 3.43. The first-order valence-electron chi connectivity index (χ1n) is 10.8. The van der Waals surface area contributed by atoms with Gasteiger partial charge in [-0.2, -0.15) is 5.10 Å². The molecule has 6 nitrogen and oxygen atoms in total. The first-order valence-corrected chi connectivity index (χ1v) is 11.6. The number of amides is 2. The molecule has 5 rings (SSSR count). The number of nitrogens with one attached hydrogen (secondary N) is 2. The Labute approximate surface area is 186 Å². The van der Waals surface area contributed by atoms with E-state index in [4.69, 9.17) is 4.74 Å². The highest BCUT2D eigenvalue weighted by Gasteiger charge is 2.51. The van der Waals surface area contributed by atoms with Crippen molar-refractivity contribution in [2.75, 3.05) is 6.61 Å². The lowest BCUT2D eigenvalue weighted by atomic mass is 9.53. The molecule has 4 fully saturated rings. The monoisotopic (exact) mass is 475 g/mol. The van der Waals surface area contributed by atoms with E-state index in [0.717, 1.165) is 47.1 Å². The molecule has 0 aromatic heterocycles. The van der Waals surface area contributed by atoms with Crippen molar-refractivity contribution in [3.63, 3.8) is 0 Å². The molecular weight excluding hydrogens is 446 g/mol. The largest absolute Gasteiger partial charge is 0.484 e. The fraction of sp³-hybridized carbons (Fsp3) is 0.609. The molecule has 0 aliphatic heterocycles. The molecule has 7 heteroatoms. The zero-order chi connectivity index (χ0) is 21.3. The maximum atomic E-state index is 12.6. The van der Waals surface area contributed by atoms with Crippen molar-refractivity contribution >= 4 is 33.5 Å². The van der Waals surface area contributed by atoms with Crippen molar-refractivity contribution in [3.8, 4) is 5.75 Å². The second-order valence-electron chi connectivity index (χ2n) is 9.50. The molecule has 2 amide bonds. The van der Waals surface area contributed by atoms with E-state index in [2.05, 4.69) is 31.8 Å². The lowest BCUT2D eigenvalue weighted by molar-refractivity contribution is -0.126. The molecule has 0 atom stereocenters. The summed E-state index contributed by atoms with van der Waals surface area (Å²) in [6.45, 7) is 3.59. The standard InChI is InChI=1S/C23H30BrN3O3/c1-14-5-19(3-4-20(14)24)30-13-22(29)27-26-15(2)6-21(28)25-23-10-16-7-17(11-23)9-18(8-16)12-23/h3-5,16-18H,6-13H2,1-2H3,(H,25,28)(H,27,29)/b26-15+. The second kappa shape index (κ2) is 8.69. The van der Waals surface area contributed by atoms with Crippen molar-refractivity contribution in [1.82, 2.24) is 10.7 Å². The van der Waals surface area contributed by atoms with Gasteiger partial charge in [-0.3, -0.25) is 9.59 Å². The van der Waals surface area contributed by atoms with Gasteiger partial charge in [0.1, 0.15) is 5.75 Å². The van der Waals surface area contributed by atoms with Gasteiger partial charge in [0.15, 0.2) is 6.61 Å². The summed E-state index contributed by atoms with van der Waals surface area (Å²) in [7, 11) is 0. The molecule has 0 heterocycles. The first kappa shape index (κ1) is 21.3. The summed E-state index contributed by atoms with van der Waals surface area (Å²) in [4.78, 5) is 24.6. The summed E-state index contributed by atoms with van der Waals surface area (Å²) in [6, 6.07) is 5.54. The third kappa shape index (κ3) is 5.05. The van der Waals surface area contributed by atoms with Crippen LogP contribution in [-0.2, 0) is 9.59 Å². The molecule has 0 unspecified atom stereocenters. The van der Waals surface area contributed by atoms with E-state index < -0.39 is 0 Å². The third-order valence-electron chi connectivity index (χ3n) is 6.73. The summed E-state index contributed by atoms with van der Waals surface area (Å²) in [6.07, 6.45) is 7.64. The number of ether oxygens (including phenoxy) is 1. The Morgan fingerprint density at radius 2 is 1.77 bits per heavy atom. The average Bonchev–Trinajstić information content (AvgIpc) is 2.65. The molecule has 0 radical (unpaired) electrons. The van der Waals surface area contributed by atoms with E-state index in [9.17, 15) is 9.59 Å². The van der Waals surface area contributed by atoms with Crippen LogP contribution in [0.3, 0.4) is 0 Å². The molecule has 1 aromatic rings. The van der Waals surface area contributed by atoms with E-state index >= 15 is 0 Å². The number of nitrogens with zero attached hydrogens (tertiary/aromatic N) is 1. The Kier molecular flexibility index (Phi) is 6.19. The molecular formula is C23H30BrN3O3. The maximum absolute atomic E-state index is 12.6. The lowest BCUT2D eigenvalue weighted by Gasteiger charge is -2.56. The van der Waals surface area contributed by atoms with Gasteiger partial charge in [0.05, 0.1) is 6.42 Å². The summed E-state index contributed by atoms with van der Waals surface area (Å²) in [5.41, 5.74) is 4.11. The van der Waals surface area contributed by atoms with Gasteiger partial charge in [-0.25, -0.2) is 5.43 Å². The van der Waals surface area contributed by atoms with E-state index in [1.54, 1.807) is 13.0 Å². The quantitative estimate of drug-likeness (QED) is 0.459. The lowest BCUT2D eigenvalue weighted by Crippen LogP contribution is -2.60. The molecule has 4 aliphatic carbocycles. The summed E-state index contributed by atoms with van der Waals surface area (Å²) in [5, 5.41) is 7.41. The molecule has 1 aromatic carbocycles. The number of carbonyl (C=O) groups is 2. The molecule has 4 aliphatic rings. The van der Waals surface area contributed by atoms with Crippen molar-refractivity contribution in [2.45, 2.75) is 64.3 Å². The van der Waals surface area contributed by atoms with Gasteiger partial charge in [0, 0.05) is 15.7 Å². The van der Waals surface area contributed by atoms with Crippen LogP contribution in [0.25, 0.3) is 0 Å². The highest BCUT2D eigenvalue weighted by molar-refractivity contribution is 9.10. The number of hydrazone groups is 1. The van der Waals surface area contributed by atoms with Crippen LogP contribution < -0.4 is 15.5 Å². The van der Waals surface area contributed by atoms with Crippen LogP contribution in [0.5, 0.6) is 5.75 Å². The minimum absolute atomic E-state index is 0.00596. The van der Waals surface area contributed by atoms with Gasteiger partial charge in [-0.15, -0.1) is 0 Å². The van der Waals surface area contributed by atoms with Gasteiger partial charge in [0.2, 0.25) is 5.91 Å². The molecule has 4 saturated carbocycles. The highest BCUT2D eigenvalue weighted by Crippen LogP contribution is 2.55. The van der Waals surface area contributed by atoms with E-state index in [1.165, 1.54) is 19.3 Å². The number of benzene rings is 1. The van der Waals surface area contributed by atoms with Gasteiger partial charge in [-0.05, 0) is 93.9 Å². The van der Waals surface area contributed by atoms with Crippen LogP contribution in [0.2, 0.25) is 0 Å². The molecule has 30 heavy (non-hydrogen) atoms. The first-order chi connectivity index (χ1) is 14.3. The Bertz CT molecular complexity index is 832. The molecule has 4 bridgehead atoms. The number of hydrogen-bond acceptors (Lipinski definition) is 4. The van der Waals surface area contributed by atoms with E-state index in [1.807, 2.05) is 19.1 Å². The van der Waals surface area contributed by atoms with Crippen LogP contribution in [0.4, 0.5) is 0 Å². The smallest absolute Gasteiger partial charge is 0.277 e. The second-order valence-corrected chi connectivity index (χ2v) is 10.4. The normalized spacial score (nSPS) is 29.6. The van der Waals surface area contributed by atoms with Crippen molar-refractivity contribution in [2.24, 2.45) is 22.9 Å². The van der Waals surface area contributed by atoms with Crippen LogP contribution >= 0.6 is 15.9 Å². The summed E-state index contributed by atoms with van der Waals surface area (Å²) in [5.74, 6) is 2.66. The van der Waals surface area contributed by atoms with Crippen molar-refractivity contribution in [1.29, 1.82) is 0 Å². The van der Waals surface area contributed by atoms with Crippen LogP contribution in [0.1, 0.15) is 57.4 Å². The fourth-order valence-electron chi connectivity index (χ4n) is 5.92. The van der Waals surface area contributed by atoms with Crippen molar-refractivity contribution in [3.05, 3.63) is 28.2 Å². The van der Waals surface area contributed by atoms with Crippen molar-refractivity contribution < 1.29 is 14.3 Å². The Hall–Kier alpha value is -1.89. The van der Waals surface area contributed by atoms with Crippen LogP contribution in [-0.4, -0.2) is 29.7 Å². The Morgan fingerprint density at radius 1 is 1.13 bits per heavy atom. The van der Waals surface area contributed by atoms with E-state index in [-0.39, 0.29) is 30.4 Å². The summed E-state index contributed by atoms with van der Waals surface area (Å²) < 4.78 is 6.49. The SMILES string of the molecule is C/C(CC(=O)NC12CC3CC(CC(C3)C1)C2)=N\NC(=O)COc1ccc(Br)c(C)c1. The van der Waals surface area contributed by atoms with Gasteiger partial charge < -0.3 is 10.1 Å². The molecule has 0 saturated heterocycles.